The van der Waals surface area contributed by atoms with Gasteiger partial charge < -0.3 is 5.11 Å². The Morgan fingerprint density at radius 2 is 2.27 bits per heavy atom. The van der Waals surface area contributed by atoms with Crippen molar-refractivity contribution in [1.82, 2.24) is 5.06 Å². The van der Waals surface area contributed by atoms with Crippen molar-refractivity contribution >= 4 is 11.9 Å². The Kier molecular flexibility index (Phi) is 3.34. The lowest BCUT2D eigenvalue weighted by Gasteiger charge is -2.27. The predicted molar refractivity (Wildman–Crippen MR) is 52.9 cm³/mol. The molecule has 5 nitrogen and oxygen atoms in total. The SMILES string of the molecule is CC(C)C1(C)CC(=O)N(CCC(=O)O)O1. The Bertz CT molecular complexity index is 277. The summed E-state index contributed by atoms with van der Waals surface area (Å²) < 4.78 is 0. The van der Waals surface area contributed by atoms with Crippen molar-refractivity contribution in [3.63, 3.8) is 0 Å². The number of hydrogen-bond acceptors (Lipinski definition) is 3. The second-order valence-electron chi connectivity index (χ2n) is 4.38. The Morgan fingerprint density at radius 1 is 1.67 bits per heavy atom. The van der Waals surface area contributed by atoms with E-state index >= 15 is 0 Å². The van der Waals surface area contributed by atoms with E-state index in [0.29, 0.717) is 6.42 Å². The number of hydroxylamine groups is 2. The van der Waals surface area contributed by atoms with Gasteiger partial charge >= 0.3 is 5.97 Å². The van der Waals surface area contributed by atoms with Gasteiger partial charge in [-0.1, -0.05) is 13.8 Å². The van der Waals surface area contributed by atoms with Crippen LogP contribution in [0.4, 0.5) is 0 Å². The highest BCUT2D eigenvalue weighted by molar-refractivity contribution is 5.78. The van der Waals surface area contributed by atoms with Crippen LogP contribution in [-0.2, 0) is 14.4 Å². The predicted octanol–water partition coefficient (Wildman–Crippen LogP) is 1.04. The van der Waals surface area contributed by atoms with Crippen molar-refractivity contribution in [1.29, 1.82) is 0 Å². The van der Waals surface area contributed by atoms with Crippen LogP contribution in [0.25, 0.3) is 0 Å². The van der Waals surface area contributed by atoms with Gasteiger partial charge in [0.25, 0.3) is 0 Å². The third kappa shape index (κ3) is 2.68. The highest BCUT2D eigenvalue weighted by Crippen LogP contribution is 2.33. The Morgan fingerprint density at radius 3 is 2.67 bits per heavy atom. The fraction of sp³-hybridized carbons (Fsp3) is 0.800. The van der Waals surface area contributed by atoms with Crippen LogP contribution in [0, 0.1) is 5.92 Å². The van der Waals surface area contributed by atoms with Gasteiger partial charge in [0.05, 0.1) is 19.4 Å². The summed E-state index contributed by atoms with van der Waals surface area (Å²) in [5, 5.41) is 9.68. The summed E-state index contributed by atoms with van der Waals surface area (Å²) in [6.45, 7) is 5.95. The normalized spacial score (nSPS) is 26.4. The van der Waals surface area contributed by atoms with E-state index in [4.69, 9.17) is 9.94 Å². The minimum Gasteiger partial charge on any atom is -0.481 e. The summed E-state index contributed by atoms with van der Waals surface area (Å²) in [6.07, 6.45) is 0.240. The molecular weight excluding hydrogens is 198 g/mol. The second-order valence-corrected chi connectivity index (χ2v) is 4.38. The topological polar surface area (TPSA) is 66.8 Å². The zero-order valence-corrected chi connectivity index (χ0v) is 9.32. The van der Waals surface area contributed by atoms with Crippen LogP contribution in [0.5, 0.6) is 0 Å². The highest BCUT2D eigenvalue weighted by Gasteiger charge is 2.43. The molecule has 1 amide bonds. The Labute approximate surface area is 89.0 Å². The molecule has 1 unspecified atom stereocenters. The minimum absolute atomic E-state index is 0.0834. The van der Waals surface area contributed by atoms with Crippen LogP contribution < -0.4 is 0 Å². The van der Waals surface area contributed by atoms with Crippen molar-refractivity contribution in [3.8, 4) is 0 Å². The van der Waals surface area contributed by atoms with Crippen molar-refractivity contribution in [3.05, 3.63) is 0 Å². The quantitative estimate of drug-likeness (QED) is 0.760. The van der Waals surface area contributed by atoms with E-state index < -0.39 is 11.6 Å². The number of aliphatic carboxylic acids is 1. The number of nitrogens with zero attached hydrogens (tertiary/aromatic N) is 1. The first-order valence-corrected chi connectivity index (χ1v) is 5.06. The first-order valence-electron chi connectivity index (χ1n) is 5.06. The number of amides is 1. The van der Waals surface area contributed by atoms with Gasteiger partial charge in [0, 0.05) is 0 Å². The Balaban J connectivity index is 2.56. The maximum absolute atomic E-state index is 11.5. The second kappa shape index (κ2) is 4.18. The molecule has 15 heavy (non-hydrogen) atoms. The van der Waals surface area contributed by atoms with E-state index in [2.05, 4.69) is 0 Å². The van der Waals surface area contributed by atoms with E-state index in [0.717, 1.165) is 0 Å². The molecule has 1 fully saturated rings. The minimum atomic E-state index is -0.926. The molecule has 1 saturated heterocycles. The van der Waals surface area contributed by atoms with Gasteiger partial charge in [0.2, 0.25) is 5.91 Å². The van der Waals surface area contributed by atoms with Gasteiger partial charge in [0.1, 0.15) is 5.60 Å². The Hall–Kier alpha value is -1.10. The molecular formula is C10H17NO4. The zero-order valence-electron chi connectivity index (χ0n) is 9.32. The molecule has 1 aliphatic rings. The number of hydrogen-bond donors (Lipinski definition) is 1. The molecule has 0 aliphatic carbocycles. The molecule has 86 valence electrons. The van der Waals surface area contributed by atoms with Crippen LogP contribution in [0.3, 0.4) is 0 Å². The molecule has 1 N–H and O–H groups in total. The van der Waals surface area contributed by atoms with Gasteiger partial charge in [-0.15, -0.1) is 0 Å². The average molecular weight is 215 g/mol. The van der Waals surface area contributed by atoms with Crippen LogP contribution in [0.15, 0.2) is 0 Å². The maximum Gasteiger partial charge on any atom is 0.305 e. The highest BCUT2D eigenvalue weighted by atomic mass is 16.7. The summed E-state index contributed by atoms with van der Waals surface area (Å²) in [5.41, 5.74) is -0.490. The van der Waals surface area contributed by atoms with Crippen molar-refractivity contribution in [2.24, 2.45) is 5.92 Å². The lowest BCUT2D eigenvalue weighted by molar-refractivity contribution is -0.206. The van der Waals surface area contributed by atoms with Gasteiger partial charge in [-0.3, -0.25) is 14.4 Å². The number of carbonyl (C=O) groups excluding carboxylic acids is 1. The molecule has 0 aromatic carbocycles. The van der Waals surface area contributed by atoms with E-state index in [-0.39, 0.29) is 24.8 Å². The van der Waals surface area contributed by atoms with Crippen LogP contribution in [0.2, 0.25) is 0 Å². The van der Waals surface area contributed by atoms with Crippen molar-refractivity contribution in [2.45, 2.75) is 39.2 Å². The molecule has 0 saturated carbocycles. The monoisotopic (exact) mass is 215 g/mol. The molecule has 1 aliphatic heterocycles. The number of carboxylic acid groups (broad SMARTS) is 1. The number of carboxylic acids is 1. The molecule has 0 aromatic heterocycles. The molecule has 0 radical (unpaired) electrons. The summed E-state index contributed by atoms with van der Waals surface area (Å²) in [4.78, 5) is 27.4. The third-order valence-corrected chi connectivity index (χ3v) is 2.85. The summed E-state index contributed by atoms with van der Waals surface area (Å²) in [6, 6.07) is 0. The van der Waals surface area contributed by atoms with Crippen molar-refractivity contribution in [2.75, 3.05) is 6.54 Å². The molecule has 1 rings (SSSR count). The molecule has 0 bridgehead atoms. The fourth-order valence-corrected chi connectivity index (χ4v) is 1.40. The lowest BCUT2D eigenvalue weighted by Crippen LogP contribution is -2.33. The molecule has 1 heterocycles. The largest absolute Gasteiger partial charge is 0.481 e. The van der Waals surface area contributed by atoms with Crippen molar-refractivity contribution < 1.29 is 19.5 Å². The average Bonchev–Trinajstić information content (AvgIpc) is 2.39. The van der Waals surface area contributed by atoms with Crippen LogP contribution in [-0.4, -0.2) is 34.2 Å². The van der Waals surface area contributed by atoms with E-state index in [1.165, 1.54) is 5.06 Å². The molecule has 0 spiro atoms. The maximum atomic E-state index is 11.5. The first kappa shape index (κ1) is 12.0. The van der Waals surface area contributed by atoms with Crippen LogP contribution in [0.1, 0.15) is 33.6 Å². The van der Waals surface area contributed by atoms with E-state index in [1.54, 1.807) is 0 Å². The van der Waals surface area contributed by atoms with E-state index in [1.807, 2.05) is 20.8 Å². The van der Waals surface area contributed by atoms with Gasteiger partial charge in [0.15, 0.2) is 0 Å². The first-order chi connectivity index (χ1) is 6.85. The number of carbonyl (C=O) groups is 2. The molecule has 0 aromatic rings. The van der Waals surface area contributed by atoms with Crippen LogP contribution >= 0.6 is 0 Å². The number of rotatable bonds is 4. The fourth-order valence-electron chi connectivity index (χ4n) is 1.40. The standard InChI is InChI=1S/C10H17NO4/c1-7(2)10(3)6-8(12)11(15-10)5-4-9(13)14/h7H,4-6H2,1-3H3,(H,13,14). The van der Waals surface area contributed by atoms with Gasteiger partial charge in [-0.05, 0) is 12.8 Å². The van der Waals surface area contributed by atoms with Gasteiger partial charge in [-0.2, -0.15) is 0 Å². The smallest absolute Gasteiger partial charge is 0.305 e. The zero-order chi connectivity index (χ0) is 11.6. The molecule has 5 heteroatoms. The van der Waals surface area contributed by atoms with E-state index in [9.17, 15) is 9.59 Å². The van der Waals surface area contributed by atoms with Gasteiger partial charge in [-0.25, -0.2) is 5.06 Å². The summed E-state index contributed by atoms with van der Waals surface area (Å²) in [5.74, 6) is -0.840. The molecule has 1 atom stereocenters. The summed E-state index contributed by atoms with van der Waals surface area (Å²) in [7, 11) is 0. The lowest BCUT2D eigenvalue weighted by atomic mass is 9.90. The summed E-state index contributed by atoms with van der Waals surface area (Å²) >= 11 is 0. The third-order valence-electron chi connectivity index (χ3n) is 2.85.